The number of carbonyl (C=O) groups is 6. The number of hydrogen-bond donors (Lipinski definition) is 0. The summed E-state index contributed by atoms with van der Waals surface area (Å²) in [7, 11) is 0. The summed E-state index contributed by atoms with van der Waals surface area (Å²) in [5, 5.41) is 0. The summed E-state index contributed by atoms with van der Waals surface area (Å²) in [6, 6.07) is 42.5. The Kier molecular flexibility index (Phi) is 22.3. The van der Waals surface area contributed by atoms with E-state index in [0.29, 0.717) is 0 Å². The zero-order valence-corrected chi connectivity index (χ0v) is 55.8. The molecule has 0 aliphatic carbocycles. The lowest BCUT2D eigenvalue weighted by Gasteiger charge is -2.35. The molecule has 0 spiro atoms. The first-order valence-corrected chi connectivity index (χ1v) is 30.5. The molecular formula is C76H94O13. The second-order valence-electron chi connectivity index (χ2n) is 29.9. The van der Waals surface area contributed by atoms with Crippen molar-refractivity contribution in [1.29, 1.82) is 0 Å². The van der Waals surface area contributed by atoms with Gasteiger partial charge in [-0.25, -0.2) is 28.8 Å². The fourth-order valence-corrected chi connectivity index (χ4v) is 9.47. The zero-order valence-electron chi connectivity index (χ0n) is 55.8. The summed E-state index contributed by atoms with van der Waals surface area (Å²) in [5.41, 5.74) is 1.46. The number of hydrogen-bond acceptors (Lipinski definition) is 13. The van der Waals surface area contributed by atoms with Crippen LogP contribution in [0.2, 0.25) is 0 Å². The maximum absolute atomic E-state index is 14.4. The fourth-order valence-electron chi connectivity index (χ4n) is 9.47. The maximum atomic E-state index is 14.4. The predicted octanol–water partition coefficient (Wildman–Crippen LogP) is 15.9. The minimum Gasteiger partial charge on any atom is -0.461 e. The molecular weight excluding hydrogens is 1120 g/mol. The van der Waals surface area contributed by atoms with Crippen molar-refractivity contribution in [2.75, 3.05) is 52.9 Å². The topological polar surface area (TPSA) is 167 Å². The highest BCUT2D eigenvalue weighted by molar-refractivity contribution is 5.92. The Bertz CT molecular complexity index is 2890. The van der Waals surface area contributed by atoms with Crippen molar-refractivity contribution in [1.82, 2.24) is 0 Å². The Morgan fingerprint density at radius 2 is 0.382 bits per heavy atom. The molecule has 0 heterocycles. The third-order valence-corrected chi connectivity index (χ3v) is 15.7. The molecule has 0 radical (unpaired) electrons. The Hall–Kier alpha value is -7.90. The molecule has 0 unspecified atom stereocenters. The van der Waals surface area contributed by atoms with Gasteiger partial charge in [0.25, 0.3) is 0 Å². The van der Waals surface area contributed by atoms with E-state index in [2.05, 4.69) is 0 Å². The van der Waals surface area contributed by atoms with Gasteiger partial charge in [0.1, 0.15) is 39.6 Å². The van der Waals surface area contributed by atoms with Gasteiger partial charge in [-0.05, 0) is 139 Å². The highest BCUT2D eigenvalue weighted by Crippen LogP contribution is 2.33. The van der Waals surface area contributed by atoms with Gasteiger partial charge in [0.05, 0.1) is 57.4 Å². The summed E-state index contributed by atoms with van der Waals surface area (Å²) in [6.07, 6.45) is 0. The Morgan fingerprint density at radius 1 is 0.236 bits per heavy atom. The van der Waals surface area contributed by atoms with E-state index in [1.54, 1.807) is 109 Å². The molecule has 13 heteroatoms. The molecule has 0 atom stereocenters. The van der Waals surface area contributed by atoms with Crippen LogP contribution >= 0.6 is 0 Å². The van der Waals surface area contributed by atoms with Crippen LogP contribution in [0.15, 0.2) is 146 Å². The van der Waals surface area contributed by atoms with Gasteiger partial charge in [-0.1, -0.05) is 197 Å². The van der Waals surface area contributed by atoms with Crippen molar-refractivity contribution in [3.63, 3.8) is 0 Å². The molecule has 0 aliphatic heterocycles. The van der Waals surface area contributed by atoms with Crippen LogP contribution < -0.4 is 0 Å². The lowest BCUT2D eigenvalue weighted by atomic mass is 9.86. The van der Waals surface area contributed by atoms with E-state index in [-0.39, 0.29) is 65.9 Å². The molecule has 0 saturated carbocycles. The van der Waals surface area contributed by atoms with Crippen molar-refractivity contribution in [2.24, 2.45) is 10.8 Å². The maximum Gasteiger partial charge on any atom is 0.338 e. The summed E-state index contributed by atoms with van der Waals surface area (Å²) >= 11 is 0. The number of rotatable bonds is 22. The van der Waals surface area contributed by atoms with E-state index in [4.69, 9.17) is 33.2 Å². The molecule has 0 aliphatic rings. The minimum atomic E-state index is -1.68. The summed E-state index contributed by atoms with van der Waals surface area (Å²) in [6.45, 7) is 32.4. The Morgan fingerprint density at radius 3 is 0.517 bits per heavy atom. The number of carbonyl (C=O) groups excluding carboxylic acids is 6. The van der Waals surface area contributed by atoms with E-state index >= 15 is 0 Å². The molecule has 0 amide bonds. The van der Waals surface area contributed by atoms with Crippen molar-refractivity contribution >= 4 is 35.8 Å². The Labute approximate surface area is 528 Å². The van der Waals surface area contributed by atoms with Crippen LogP contribution in [0.5, 0.6) is 0 Å². The van der Waals surface area contributed by atoms with Gasteiger partial charge in [-0.3, -0.25) is 0 Å². The minimum absolute atomic E-state index is 0.248. The quantitative estimate of drug-likeness (QED) is 0.0466. The van der Waals surface area contributed by atoms with Gasteiger partial charge in [-0.2, -0.15) is 0 Å². The first-order chi connectivity index (χ1) is 41.3. The van der Waals surface area contributed by atoms with Crippen LogP contribution in [0.3, 0.4) is 0 Å². The smallest absolute Gasteiger partial charge is 0.338 e. The van der Waals surface area contributed by atoms with Crippen molar-refractivity contribution in [3.8, 4) is 0 Å². The SMILES string of the molecule is CC(C)(C)c1cccc(C(=O)OCC(COCC(COC(=O)c2cccc(C(C)(C)C)c2)(COC(=O)c2cccc(C(C)(C)C)c2)COC(=O)c2cccc(C(C)(C)C)c2)(COC(=O)c2cccc(C(C)(C)C)c2)COC(=O)c2cccc(C(C)(C)C)c2)c1. The summed E-state index contributed by atoms with van der Waals surface area (Å²) in [4.78, 5) is 86.3. The van der Waals surface area contributed by atoms with E-state index in [9.17, 15) is 28.8 Å². The molecule has 6 rings (SSSR count). The Balaban J connectivity index is 1.49. The lowest BCUT2D eigenvalue weighted by Crippen LogP contribution is -2.47. The fraction of sp³-hybridized carbons (Fsp3) is 0.447. The lowest BCUT2D eigenvalue weighted by molar-refractivity contribution is -0.112. The molecule has 6 aromatic carbocycles. The van der Waals surface area contributed by atoms with Gasteiger partial charge < -0.3 is 33.2 Å². The summed E-state index contributed by atoms with van der Waals surface area (Å²) in [5.74, 6) is -4.27. The van der Waals surface area contributed by atoms with Crippen molar-refractivity contribution in [2.45, 2.75) is 157 Å². The molecule has 13 nitrogen and oxygen atoms in total. The van der Waals surface area contributed by atoms with Crippen molar-refractivity contribution in [3.05, 3.63) is 212 Å². The average Bonchev–Trinajstić information content (AvgIpc) is 3.17. The van der Waals surface area contributed by atoms with Crippen LogP contribution in [-0.2, 0) is 65.6 Å². The molecule has 0 saturated heterocycles. The third kappa shape index (κ3) is 20.1. The summed E-state index contributed by atoms with van der Waals surface area (Å²) < 4.78 is 44.2. The third-order valence-electron chi connectivity index (χ3n) is 15.7. The molecule has 0 fully saturated rings. The van der Waals surface area contributed by atoms with Crippen LogP contribution in [0.25, 0.3) is 0 Å². The van der Waals surface area contributed by atoms with Gasteiger partial charge in [-0.15, -0.1) is 0 Å². The molecule has 0 bridgehead atoms. The molecule has 0 aromatic heterocycles. The number of esters is 6. The normalized spacial score (nSPS) is 12.6. The molecule has 0 N–H and O–H groups in total. The molecule has 476 valence electrons. The molecule has 6 aromatic rings. The standard InChI is InChI=1S/C76H94O13/c1-69(2,3)57-31-19-25-51(37-57)63(77)84-45-75(46-85-64(78)52-26-20-32-58(38-52)70(4,5)6,47-86-65(79)53-27-21-33-59(39-53)71(7,8)9)43-83-44-76(48-87-66(80)54-28-22-34-60(40-54)72(10,11)12,49-88-67(81)55-29-23-35-61(41-55)73(13,14)15)50-89-68(82)56-30-24-36-62(42-56)74(16,17)18/h19-42H,43-50H2,1-18H3. The second-order valence-corrected chi connectivity index (χ2v) is 29.9. The number of benzene rings is 6. The van der Waals surface area contributed by atoms with Gasteiger partial charge >= 0.3 is 35.8 Å². The van der Waals surface area contributed by atoms with Crippen LogP contribution in [0.4, 0.5) is 0 Å². The van der Waals surface area contributed by atoms with Gasteiger partial charge in [0.2, 0.25) is 0 Å². The molecule has 89 heavy (non-hydrogen) atoms. The van der Waals surface area contributed by atoms with Crippen LogP contribution in [0.1, 0.15) is 220 Å². The number of ether oxygens (including phenoxy) is 7. The van der Waals surface area contributed by atoms with E-state index < -0.39 is 99.5 Å². The second kappa shape index (κ2) is 28.3. The van der Waals surface area contributed by atoms with Gasteiger partial charge in [0, 0.05) is 0 Å². The average molecular weight is 1220 g/mol. The largest absolute Gasteiger partial charge is 0.461 e. The van der Waals surface area contributed by atoms with Crippen LogP contribution in [0, 0.1) is 10.8 Å². The monoisotopic (exact) mass is 1210 g/mol. The van der Waals surface area contributed by atoms with E-state index in [1.807, 2.05) is 161 Å². The highest BCUT2D eigenvalue weighted by Gasteiger charge is 2.42. The van der Waals surface area contributed by atoms with Crippen molar-refractivity contribution < 1.29 is 61.9 Å². The van der Waals surface area contributed by atoms with Crippen LogP contribution in [-0.4, -0.2) is 88.7 Å². The van der Waals surface area contributed by atoms with E-state index in [1.165, 1.54) is 0 Å². The zero-order chi connectivity index (χ0) is 66.0. The first kappa shape index (κ1) is 70.2. The predicted molar refractivity (Wildman–Crippen MR) is 348 cm³/mol. The van der Waals surface area contributed by atoms with E-state index in [0.717, 1.165) is 33.4 Å². The van der Waals surface area contributed by atoms with Gasteiger partial charge in [0.15, 0.2) is 0 Å². The highest BCUT2D eigenvalue weighted by atomic mass is 16.6. The first-order valence-electron chi connectivity index (χ1n) is 30.5.